The van der Waals surface area contributed by atoms with E-state index in [-0.39, 0.29) is 5.04 Å². The van der Waals surface area contributed by atoms with Gasteiger partial charge in [0.2, 0.25) is 0 Å². The zero-order valence-electron chi connectivity index (χ0n) is 16.1. The van der Waals surface area contributed by atoms with Crippen LogP contribution >= 0.6 is 11.2 Å². The monoisotopic (exact) mass is 354 g/mol. The summed E-state index contributed by atoms with van der Waals surface area (Å²) < 4.78 is 6.60. The van der Waals surface area contributed by atoms with Crippen molar-refractivity contribution in [3.63, 3.8) is 0 Å². The van der Waals surface area contributed by atoms with E-state index in [0.29, 0.717) is 5.04 Å². The highest BCUT2D eigenvalue weighted by Crippen LogP contribution is 2.49. The molecule has 1 nitrogen and oxygen atoms in total. The molecule has 126 valence electrons. The van der Waals surface area contributed by atoms with Gasteiger partial charge in [0.25, 0.3) is 8.32 Å². The molecule has 0 saturated heterocycles. The summed E-state index contributed by atoms with van der Waals surface area (Å²) in [5.41, 5.74) is 0. The standard InChI is InChI=1S/C18H34OSSi2/c1-17(2,3)21(7,8)19-15-13-11-12-14-16(15)20-22(9,10)18(4,5)6/h11-14H,1-10H3. The highest BCUT2D eigenvalue weighted by atomic mass is 32.4. The van der Waals surface area contributed by atoms with E-state index in [0.717, 1.165) is 5.75 Å². The van der Waals surface area contributed by atoms with E-state index < -0.39 is 15.5 Å². The average molecular weight is 355 g/mol. The molecule has 0 N–H and O–H groups in total. The Hall–Kier alpha value is -0.196. The Labute approximate surface area is 144 Å². The summed E-state index contributed by atoms with van der Waals surface area (Å²) in [6.45, 7) is 23.5. The summed E-state index contributed by atoms with van der Waals surface area (Å²) in [5.74, 6) is 1.09. The second kappa shape index (κ2) is 6.36. The van der Waals surface area contributed by atoms with Crippen LogP contribution in [0, 0.1) is 0 Å². The smallest absolute Gasteiger partial charge is 0.250 e. The van der Waals surface area contributed by atoms with Crippen LogP contribution in [0.2, 0.25) is 36.3 Å². The molecule has 0 radical (unpaired) electrons. The van der Waals surface area contributed by atoms with Gasteiger partial charge in [-0.1, -0.05) is 66.8 Å². The van der Waals surface area contributed by atoms with Gasteiger partial charge in [0.05, 0.1) is 0 Å². The van der Waals surface area contributed by atoms with E-state index in [9.17, 15) is 0 Å². The zero-order chi connectivity index (χ0) is 17.4. The minimum Gasteiger partial charge on any atom is -0.543 e. The van der Waals surface area contributed by atoms with Crippen molar-refractivity contribution in [2.24, 2.45) is 0 Å². The highest BCUT2D eigenvalue weighted by molar-refractivity contribution is 8.29. The van der Waals surface area contributed by atoms with Gasteiger partial charge in [-0.15, -0.1) is 11.2 Å². The fraction of sp³-hybridized carbons (Fsp3) is 0.667. The van der Waals surface area contributed by atoms with Gasteiger partial charge in [-0.05, 0) is 35.3 Å². The molecule has 0 aliphatic rings. The van der Waals surface area contributed by atoms with Gasteiger partial charge in [-0.2, -0.15) is 0 Å². The predicted octanol–water partition coefficient (Wildman–Crippen LogP) is 7.17. The van der Waals surface area contributed by atoms with Gasteiger partial charge >= 0.3 is 0 Å². The predicted molar refractivity (Wildman–Crippen MR) is 107 cm³/mol. The van der Waals surface area contributed by atoms with Gasteiger partial charge < -0.3 is 4.43 Å². The molecular weight excluding hydrogens is 320 g/mol. The Bertz CT molecular complexity index is 464. The topological polar surface area (TPSA) is 9.23 Å². The number of rotatable bonds is 4. The molecule has 0 saturated carbocycles. The van der Waals surface area contributed by atoms with E-state index in [4.69, 9.17) is 4.43 Å². The highest BCUT2D eigenvalue weighted by Gasteiger charge is 2.41. The first kappa shape index (κ1) is 19.8. The average Bonchev–Trinajstić information content (AvgIpc) is 2.28. The fourth-order valence-electron chi connectivity index (χ4n) is 1.47. The van der Waals surface area contributed by atoms with Crippen molar-refractivity contribution in [3.05, 3.63) is 24.3 Å². The lowest BCUT2D eigenvalue weighted by molar-refractivity contribution is 0.483. The first-order valence-corrected chi connectivity index (χ1v) is 15.6. The molecule has 0 aliphatic heterocycles. The molecule has 22 heavy (non-hydrogen) atoms. The zero-order valence-corrected chi connectivity index (χ0v) is 18.9. The van der Waals surface area contributed by atoms with Crippen molar-refractivity contribution in [1.29, 1.82) is 0 Å². The van der Waals surface area contributed by atoms with Crippen molar-refractivity contribution >= 4 is 26.8 Å². The van der Waals surface area contributed by atoms with Crippen LogP contribution in [0.15, 0.2) is 29.2 Å². The van der Waals surface area contributed by atoms with Crippen molar-refractivity contribution in [1.82, 2.24) is 0 Å². The van der Waals surface area contributed by atoms with E-state index in [2.05, 4.69) is 103 Å². The maximum atomic E-state index is 6.60. The van der Waals surface area contributed by atoms with Crippen LogP contribution in [0.5, 0.6) is 5.75 Å². The molecule has 1 aromatic carbocycles. The van der Waals surface area contributed by atoms with Crippen LogP contribution in [0.1, 0.15) is 41.5 Å². The Morgan fingerprint density at radius 2 is 1.32 bits per heavy atom. The van der Waals surface area contributed by atoms with Crippen molar-refractivity contribution < 1.29 is 4.43 Å². The first-order chi connectivity index (χ1) is 9.67. The molecule has 0 fully saturated rings. The van der Waals surface area contributed by atoms with E-state index in [1.807, 2.05) is 0 Å². The second-order valence-electron chi connectivity index (χ2n) is 9.17. The summed E-state index contributed by atoms with van der Waals surface area (Å²) in [6, 6.07) is 8.61. The summed E-state index contributed by atoms with van der Waals surface area (Å²) >= 11 is 2.07. The summed E-state index contributed by atoms with van der Waals surface area (Å²) in [4.78, 5) is 1.32. The lowest BCUT2D eigenvalue weighted by Gasteiger charge is -2.39. The molecule has 0 heterocycles. The van der Waals surface area contributed by atoms with Crippen LogP contribution in [-0.4, -0.2) is 15.5 Å². The third-order valence-corrected chi connectivity index (χ3v) is 18.2. The summed E-state index contributed by atoms with van der Waals surface area (Å²) in [5, 5.41) is 0.587. The second-order valence-corrected chi connectivity index (χ2v) is 22.7. The molecule has 0 aromatic heterocycles. The Morgan fingerprint density at radius 3 is 1.77 bits per heavy atom. The van der Waals surface area contributed by atoms with Crippen molar-refractivity contribution in [2.75, 3.05) is 0 Å². The van der Waals surface area contributed by atoms with Gasteiger partial charge in [0, 0.05) is 4.90 Å². The van der Waals surface area contributed by atoms with Crippen molar-refractivity contribution in [3.8, 4) is 5.75 Å². The Balaban J connectivity index is 3.12. The van der Waals surface area contributed by atoms with Gasteiger partial charge in [-0.3, -0.25) is 0 Å². The number of benzene rings is 1. The Morgan fingerprint density at radius 1 is 0.818 bits per heavy atom. The SMILES string of the molecule is CC(C)(C)[Si](C)(C)Oc1ccccc1S[Si](C)(C)C(C)(C)C. The maximum Gasteiger partial charge on any atom is 0.250 e. The molecule has 0 atom stereocenters. The molecule has 4 heteroatoms. The minimum atomic E-state index is -1.80. The third kappa shape index (κ3) is 4.65. The van der Waals surface area contributed by atoms with Crippen molar-refractivity contribution in [2.45, 2.75) is 82.7 Å². The van der Waals surface area contributed by atoms with Gasteiger partial charge in [0.15, 0.2) is 0 Å². The van der Waals surface area contributed by atoms with E-state index in [1.54, 1.807) is 0 Å². The molecule has 0 spiro atoms. The first-order valence-electron chi connectivity index (χ1n) is 8.14. The maximum absolute atomic E-state index is 6.60. The molecule has 0 amide bonds. The van der Waals surface area contributed by atoms with Gasteiger partial charge in [0.1, 0.15) is 13.0 Å². The molecule has 0 unspecified atom stereocenters. The number of hydrogen-bond acceptors (Lipinski definition) is 2. The lowest BCUT2D eigenvalue weighted by Crippen LogP contribution is -2.44. The van der Waals surface area contributed by atoms with E-state index >= 15 is 0 Å². The van der Waals surface area contributed by atoms with Gasteiger partial charge in [-0.25, -0.2) is 0 Å². The van der Waals surface area contributed by atoms with Crippen LogP contribution in [0.4, 0.5) is 0 Å². The largest absolute Gasteiger partial charge is 0.543 e. The molecular formula is C18H34OSSi2. The number of hydrogen-bond donors (Lipinski definition) is 0. The molecule has 0 bridgehead atoms. The third-order valence-electron chi connectivity index (χ3n) is 5.19. The minimum absolute atomic E-state index is 0.224. The molecule has 0 aliphatic carbocycles. The summed E-state index contributed by atoms with van der Waals surface area (Å²) in [7, 11) is -3.24. The summed E-state index contributed by atoms with van der Waals surface area (Å²) in [6.07, 6.45) is 0. The van der Waals surface area contributed by atoms with Crippen LogP contribution in [0.3, 0.4) is 0 Å². The fourth-order valence-corrected chi connectivity index (χ4v) is 6.87. The molecule has 1 rings (SSSR count). The molecule has 1 aromatic rings. The van der Waals surface area contributed by atoms with Crippen LogP contribution in [-0.2, 0) is 0 Å². The van der Waals surface area contributed by atoms with Crippen LogP contribution < -0.4 is 4.43 Å². The normalized spacial score (nSPS) is 14.1. The van der Waals surface area contributed by atoms with E-state index in [1.165, 1.54) is 4.90 Å². The number of para-hydroxylation sites is 1. The lowest BCUT2D eigenvalue weighted by atomic mass is 10.2. The quantitative estimate of drug-likeness (QED) is 0.530. The Kier molecular flexibility index (Phi) is 5.74. The van der Waals surface area contributed by atoms with Crippen LogP contribution in [0.25, 0.3) is 0 Å².